The fraction of sp³-hybridized carbons (Fsp3) is 0.429. The number of hydrogen-bond acceptors (Lipinski definition) is 5. The van der Waals surface area contributed by atoms with E-state index in [4.69, 9.17) is 19.3 Å². The molecule has 0 radical (unpaired) electrons. The molecule has 1 aromatic carbocycles. The Morgan fingerprint density at radius 1 is 1.29 bits per heavy atom. The van der Waals surface area contributed by atoms with Gasteiger partial charge >= 0.3 is 5.97 Å². The number of benzene rings is 1. The molecular formula is C14H15NO6. The van der Waals surface area contributed by atoms with E-state index in [9.17, 15) is 9.59 Å². The number of rotatable bonds is 6. The Morgan fingerprint density at radius 3 is 2.86 bits per heavy atom. The molecule has 2 aliphatic rings. The molecule has 7 heteroatoms. The van der Waals surface area contributed by atoms with E-state index in [-0.39, 0.29) is 12.7 Å². The Morgan fingerprint density at radius 2 is 2.10 bits per heavy atom. The average Bonchev–Trinajstić information content (AvgIpc) is 3.15. The van der Waals surface area contributed by atoms with E-state index < -0.39 is 17.8 Å². The summed E-state index contributed by atoms with van der Waals surface area (Å²) in [4.78, 5) is 22.3. The van der Waals surface area contributed by atoms with Gasteiger partial charge in [0.1, 0.15) is 12.4 Å². The van der Waals surface area contributed by atoms with Crippen LogP contribution in [0.4, 0.5) is 0 Å². The van der Waals surface area contributed by atoms with Crippen molar-refractivity contribution in [2.24, 2.45) is 11.8 Å². The normalized spacial score (nSPS) is 21.7. The van der Waals surface area contributed by atoms with Crippen LogP contribution in [0.3, 0.4) is 0 Å². The van der Waals surface area contributed by atoms with Gasteiger partial charge in [0.15, 0.2) is 11.5 Å². The summed E-state index contributed by atoms with van der Waals surface area (Å²) >= 11 is 0. The zero-order chi connectivity index (χ0) is 14.8. The van der Waals surface area contributed by atoms with Gasteiger partial charge in [-0.1, -0.05) is 0 Å². The van der Waals surface area contributed by atoms with Crippen molar-refractivity contribution in [1.82, 2.24) is 5.32 Å². The van der Waals surface area contributed by atoms with Gasteiger partial charge in [-0.3, -0.25) is 9.59 Å². The molecule has 1 saturated carbocycles. The zero-order valence-corrected chi connectivity index (χ0v) is 11.2. The number of nitrogens with one attached hydrogen (secondary N) is 1. The SMILES string of the molecule is O=C(O)C1CC1C(=O)NCCOc1ccc2c(c1)OCO2. The van der Waals surface area contributed by atoms with Crippen LogP contribution < -0.4 is 19.5 Å². The molecule has 1 fully saturated rings. The third-order valence-electron chi connectivity index (χ3n) is 3.46. The lowest BCUT2D eigenvalue weighted by Gasteiger charge is -2.08. The minimum Gasteiger partial charge on any atom is -0.492 e. The van der Waals surface area contributed by atoms with E-state index in [1.165, 1.54) is 0 Å². The minimum absolute atomic E-state index is 0.209. The molecule has 1 aliphatic heterocycles. The molecule has 2 unspecified atom stereocenters. The Balaban J connectivity index is 1.39. The minimum atomic E-state index is -0.910. The Kier molecular flexibility index (Phi) is 3.55. The van der Waals surface area contributed by atoms with Crippen molar-refractivity contribution in [3.8, 4) is 17.2 Å². The fourth-order valence-electron chi connectivity index (χ4n) is 2.20. The second kappa shape index (κ2) is 5.51. The summed E-state index contributed by atoms with van der Waals surface area (Å²) in [6.07, 6.45) is 0.421. The maximum atomic E-state index is 11.6. The lowest BCUT2D eigenvalue weighted by atomic mass is 10.3. The van der Waals surface area contributed by atoms with Crippen LogP contribution in [0.25, 0.3) is 0 Å². The van der Waals surface area contributed by atoms with Crippen molar-refractivity contribution in [1.29, 1.82) is 0 Å². The Labute approximate surface area is 120 Å². The third kappa shape index (κ3) is 3.01. The molecule has 112 valence electrons. The maximum absolute atomic E-state index is 11.6. The van der Waals surface area contributed by atoms with Crippen molar-refractivity contribution in [3.63, 3.8) is 0 Å². The molecule has 0 saturated heterocycles. The summed E-state index contributed by atoms with van der Waals surface area (Å²) in [6, 6.07) is 5.25. The number of hydrogen-bond donors (Lipinski definition) is 2. The molecule has 7 nitrogen and oxygen atoms in total. The highest BCUT2D eigenvalue weighted by atomic mass is 16.7. The number of carbonyl (C=O) groups excluding carboxylic acids is 1. The van der Waals surface area contributed by atoms with Crippen LogP contribution >= 0.6 is 0 Å². The average molecular weight is 293 g/mol. The first-order valence-corrected chi connectivity index (χ1v) is 6.68. The number of carboxylic acid groups (broad SMARTS) is 1. The highest BCUT2D eigenvalue weighted by molar-refractivity contribution is 5.89. The van der Waals surface area contributed by atoms with Crippen LogP contribution in [0.1, 0.15) is 6.42 Å². The second-order valence-corrected chi connectivity index (χ2v) is 4.94. The van der Waals surface area contributed by atoms with Gasteiger partial charge in [0.2, 0.25) is 12.7 Å². The second-order valence-electron chi connectivity index (χ2n) is 4.94. The summed E-state index contributed by atoms with van der Waals surface area (Å²) in [5, 5.41) is 11.4. The first-order valence-electron chi connectivity index (χ1n) is 6.68. The lowest BCUT2D eigenvalue weighted by Crippen LogP contribution is -2.30. The van der Waals surface area contributed by atoms with Gasteiger partial charge in [-0.15, -0.1) is 0 Å². The maximum Gasteiger partial charge on any atom is 0.307 e. The van der Waals surface area contributed by atoms with Crippen molar-refractivity contribution in [2.75, 3.05) is 19.9 Å². The smallest absolute Gasteiger partial charge is 0.307 e. The van der Waals surface area contributed by atoms with Gasteiger partial charge in [0.25, 0.3) is 0 Å². The monoisotopic (exact) mass is 293 g/mol. The lowest BCUT2D eigenvalue weighted by molar-refractivity contribution is -0.140. The van der Waals surface area contributed by atoms with Crippen LogP contribution in [0, 0.1) is 11.8 Å². The van der Waals surface area contributed by atoms with Crippen LogP contribution in [0.15, 0.2) is 18.2 Å². The molecule has 1 heterocycles. The van der Waals surface area contributed by atoms with Crippen molar-refractivity contribution < 1.29 is 28.9 Å². The van der Waals surface area contributed by atoms with Crippen LogP contribution in [-0.2, 0) is 9.59 Å². The van der Waals surface area contributed by atoms with Gasteiger partial charge in [-0.25, -0.2) is 0 Å². The molecule has 2 N–H and O–H groups in total. The topological polar surface area (TPSA) is 94.1 Å². The van der Waals surface area contributed by atoms with Crippen LogP contribution in [0.5, 0.6) is 17.2 Å². The number of fused-ring (bicyclic) bond motifs is 1. The number of aliphatic carboxylic acids is 1. The first-order chi connectivity index (χ1) is 10.1. The summed E-state index contributed by atoms with van der Waals surface area (Å²) in [7, 11) is 0. The molecule has 21 heavy (non-hydrogen) atoms. The summed E-state index contributed by atoms with van der Waals surface area (Å²) < 4.78 is 15.9. The number of ether oxygens (including phenoxy) is 3. The number of carbonyl (C=O) groups is 2. The fourth-order valence-corrected chi connectivity index (χ4v) is 2.20. The Hall–Kier alpha value is -2.44. The first kappa shape index (κ1) is 13.5. The molecule has 0 spiro atoms. The summed E-state index contributed by atoms with van der Waals surface area (Å²) in [5.41, 5.74) is 0. The predicted octanol–water partition coefficient (Wildman–Crippen LogP) is 0.631. The highest BCUT2D eigenvalue weighted by Crippen LogP contribution is 2.38. The van der Waals surface area contributed by atoms with Gasteiger partial charge in [-0.2, -0.15) is 0 Å². The van der Waals surface area contributed by atoms with Gasteiger partial charge < -0.3 is 24.6 Å². The summed E-state index contributed by atoms with van der Waals surface area (Å²) in [6.45, 7) is 0.840. The van der Waals surface area contributed by atoms with Gasteiger partial charge in [-0.05, 0) is 18.6 Å². The van der Waals surface area contributed by atoms with Gasteiger partial charge in [0.05, 0.1) is 18.4 Å². The molecule has 1 aliphatic carbocycles. The molecule has 0 bridgehead atoms. The van der Waals surface area contributed by atoms with E-state index in [2.05, 4.69) is 5.32 Å². The van der Waals surface area contributed by atoms with E-state index in [1.54, 1.807) is 18.2 Å². The van der Waals surface area contributed by atoms with E-state index in [0.29, 0.717) is 36.8 Å². The van der Waals surface area contributed by atoms with Gasteiger partial charge in [0, 0.05) is 6.07 Å². The van der Waals surface area contributed by atoms with E-state index in [0.717, 1.165) is 0 Å². The Bertz CT molecular complexity index is 573. The van der Waals surface area contributed by atoms with Crippen molar-refractivity contribution in [3.05, 3.63) is 18.2 Å². The molecule has 1 aromatic rings. The third-order valence-corrected chi connectivity index (χ3v) is 3.46. The van der Waals surface area contributed by atoms with Crippen molar-refractivity contribution >= 4 is 11.9 Å². The molecular weight excluding hydrogens is 278 g/mol. The summed E-state index contributed by atoms with van der Waals surface area (Å²) in [5.74, 6) is -0.109. The molecule has 0 aromatic heterocycles. The van der Waals surface area contributed by atoms with Crippen molar-refractivity contribution in [2.45, 2.75) is 6.42 Å². The molecule has 3 rings (SSSR count). The largest absolute Gasteiger partial charge is 0.492 e. The quantitative estimate of drug-likeness (QED) is 0.747. The predicted molar refractivity (Wildman–Crippen MR) is 70.3 cm³/mol. The molecule has 2 atom stereocenters. The van der Waals surface area contributed by atoms with E-state index in [1.807, 2.05) is 0 Å². The number of carboxylic acids is 1. The zero-order valence-electron chi connectivity index (χ0n) is 11.2. The van der Waals surface area contributed by atoms with Crippen LogP contribution in [-0.4, -0.2) is 36.9 Å². The molecule has 1 amide bonds. The standard InChI is InChI=1S/C14H15NO6/c16-13(9-6-10(9)14(17)18)15-3-4-19-8-1-2-11-12(5-8)21-7-20-11/h1-2,5,9-10H,3-4,6-7H2,(H,15,16)(H,17,18). The van der Waals surface area contributed by atoms with Crippen LogP contribution in [0.2, 0.25) is 0 Å². The highest BCUT2D eigenvalue weighted by Gasteiger charge is 2.48. The number of amides is 1. The van der Waals surface area contributed by atoms with E-state index >= 15 is 0 Å².